The molecule has 0 aromatic rings. The van der Waals surface area contributed by atoms with E-state index in [9.17, 15) is 0 Å². The second kappa shape index (κ2) is 6.17. The minimum Gasteiger partial charge on any atom is -0.393 e. The lowest BCUT2D eigenvalue weighted by molar-refractivity contribution is 0.181. The molecule has 2 atom stereocenters. The van der Waals surface area contributed by atoms with Gasteiger partial charge in [-0.25, -0.2) is 0 Å². The molecule has 0 bridgehead atoms. The average molecular weight is 183 g/mol. The average Bonchev–Trinajstić information content (AvgIpc) is 2.14. The number of hydrogen-bond acceptors (Lipinski definition) is 2. The molecule has 2 N–H and O–H groups in total. The summed E-state index contributed by atoms with van der Waals surface area (Å²) in [6, 6.07) is 0.586. The molecule has 1 rings (SSSR count). The molecule has 13 heavy (non-hydrogen) atoms. The van der Waals surface area contributed by atoms with Crippen LogP contribution in [-0.4, -0.2) is 23.8 Å². The highest BCUT2D eigenvalue weighted by Crippen LogP contribution is 2.09. The zero-order valence-electron chi connectivity index (χ0n) is 8.50. The Balaban J connectivity index is 1.98. The molecule has 0 aliphatic heterocycles. The predicted octanol–water partition coefficient (Wildman–Crippen LogP) is 1.85. The first-order valence-electron chi connectivity index (χ1n) is 5.37. The van der Waals surface area contributed by atoms with Crippen molar-refractivity contribution in [1.82, 2.24) is 5.32 Å². The van der Waals surface area contributed by atoms with Gasteiger partial charge in [0.1, 0.15) is 0 Å². The monoisotopic (exact) mass is 183 g/mol. The lowest BCUT2D eigenvalue weighted by Gasteiger charge is -2.17. The van der Waals surface area contributed by atoms with Gasteiger partial charge in [-0.3, -0.25) is 0 Å². The highest BCUT2D eigenvalue weighted by atomic mass is 16.3. The third-order valence-electron chi connectivity index (χ3n) is 2.46. The van der Waals surface area contributed by atoms with E-state index in [4.69, 9.17) is 5.11 Å². The zero-order chi connectivity index (χ0) is 9.52. The van der Waals surface area contributed by atoms with Gasteiger partial charge in [-0.2, -0.15) is 0 Å². The van der Waals surface area contributed by atoms with Gasteiger partial charge in [0.2, 0.25) is 0 Å². The van der Waals surface area contributed by atoms with Crippen LogP contribution in [0.4, 0.5) is 0 Å². The van der Waals surface area contributed by atoms with Gasteiger partial charge in [0.25, 0.3) is 0 Å². The Kier molecular flexibility index (Phi) is 5.09. The first-order valence-corrected chi connectivity index (χ1v) is 5.37. The van der Waals surface area contributed by atoms with Crippen LogP contribution in [0.25, 0.3) is 0 Å². The van der Waals surface area contributed by atoms with Crippen LogP contribution in [0.3, 0.4) is 0 Å². The Bertz CT molecular complexity index is 154. The first-order chi connectivity index (χ1) is 6.29. The lowest BCUT2D eigenvalue weighted by Crippen LogP contribution is -2.29. The van der Waals surface area contributed by atoms with Crippen molar-refractivity contribution >= 4 is 0 Å². The quantitative estimate of drug-likeness (QED) is 0.503. The van der Waals surface area contributed by atoms with Crippen molar-refractivity contribution in [3.8, 4) is 0 Å². The molecule has 0 radical (unpaired) electrons. The van der Waals surface area contributed by atoms with Gasteiger partial charge in [-0.15, -0.1) is 0 Å². The van der Waals surface area contributed by atoms with E-state index in [-0.39, 0.29) is 6.10 Å². The summed E-state index contributed by atoms with van der Waals surface area (Å²) in [5.74, 6) is 0. The highest BCUT2D eigenvalue weighted by Gasteiger charge is 2.06. The van der Waals surface area contributed by atoms with Crippen molar-refractivity contribution < 1.29 is 5.11 Å². The predicted molar refractivity (Wildman–Crippen MR) is 55.7 cm³/mol. The molecule has 0 aromatic carbocycles. The molecule has 0 saturated heterocycles. The number of hydrogen-bond donors (Lipinski definition) is 2. The summed E-state index contributed by atoms with van der Waals surface area (Å²) in [4.78, 5) is 0. The normalized spacial score (nSPS) is 24.6. The maximum Gasteiger partial charge on any atom is 0.0512 e. The number of allylic oxidation sites excluding steroid dienone is 1. The van der Waals surface area contributed by atoms with Gasteiger partial charge in [-0.05, 0) is 45.6 Å². The Labute approximate surface area is 81.0 Å². The molecule has 2 unspecified atom stereocenters. The van der Waals surface area contributed by atoms with Crippen LogP contribution in [0.2, 0.25) is 0 Å². The van der Waals surface area contributed by atoms with Gasteiger partial charge >= 0.3 is 0 Å². The van der Waals surface area contributed by atoms with Crippen molar-refractivity contribution in [3.05, 3.63) is 12.2 Å². The minimum absolute atomic E-state index is 0.149. The van der Waals surface area contributed by atoms with E-state index >= 15 is 0 Å². The van der Waals surface area contributed by atoms with Crippen LogP contribution in [0.1, 0.15) is 39.0 Å². The van der Waals surface area contributed by atoms with Crippen molar-refractivity contribution in [2.24, 2.45) is 0 Å². The highest BCUT2D eigenvalue weighted by molar-refractivity contribution is 4.97. The van der Waals surface area contributed by atoms with Crippen molar-refractivity contribution in [3.63, 3.8) is 0 Å². The summed E-state index contributed by atoms with van der Waals surface area (Å²) in [5.41, 5.74) is 0. The Morgan fingerprint density at radius 3 is 3.08 bits per heavy atom. The van der Waals surface area contributed by atoms with Crippen LogP contribution in [-0.2, 0) is 0 Å². The molecule has 2 nitrogen and oxygen atoms in total. The third kappa shape index (κ3) is 5.06. The maximum atomic E-state index is 9.05. The zero-order valence-corrected chi connectivity index (χ0v) is 8.50. The smallest absolute Gasteiger partial charge is 0.0512 e. The molecule has 1 aliphatic carbocycles. The van der Waals surface area contributed by atoms with Gasteiger partial charge < -0.3 is 10.4 Å². The van der Waals surface area contributed by atoms with E-state index in [1.54, 1.807) is 0 Å². The van der Waals surface area contributed by atoms with E-state index in [0.29, 0.717) is 6.04 Å². The molecule has 1 aliphatic rings. The molecule has 76 valence electrons. The van der Waals surface area contributed by atoms with Crippen LogP contribution < -0.4 is 5.32 Å². The molecule has 0 fully saturated rings. The second-order valence-electron chi connectivity index (χ2n) is 3.91. The summed E-state index contributed by atoms with van der Waals surface area (Å²) >= 11 is 0. The standard InChI is InChI=1S/C11H21NO/c1-10(13)6-5-9-12-11-7-3-2-4-8-11/h3,7,10-13H,2,4-6,8-9H2,1H3. The molecule has 0 saturated carbocycles. The molecule has 0 spiro atoms. The maximum absolute atomic E-state index is 9.05. The summed E-state index contributed by atoms with van der Waals surface area (Å²) in [6.45, 7) is 2.88. The number of aliphatic hydroxyl groups excluding tert-OH is 1. The fourth-order valence-corrected chi connectivity index (χ4v) is 1.67. The molecule has 0 amide bonds. The summed E-state index contributed by atoms with van der Waals surface area (Å²) < 4.78 is 0. The lowest BCUT2D eigenvalue weighted by atomic mass is 10.0. The largest absolute Gasteiger partial charge is 0.393 e. The van der Waals surface area contributed by atoms with E-state index in [2.05, 4.69) is 17.5 Å². The van der Waals surface area contributed by atoms with E-state index < -0.39 is 0 Å². The second-order valence-corrected chi connectivity index (χ2v) is 3.91. The molecular weight excluding hydrogens is 162 g/mol. The fraction of sp³-hybridized carbons (Fsp3) is 0.818. The number of rotatable bonds is 5. The van der Waals surface area contributed by atoms with Gasteiger partial charge in [0, 0.05) is 6.04 Å². The summed E-state index contributed by atoms with van der Waals surface area (Å²) in [6.07, 6.45) is 10.2. The van der Waals surface area contributed by atoms with E-state index in [0.717, 1.165) is 19.4 Å². The van der Waals surface area contributed by atoms with E-state index in [1.807, 2.05) is 6.92 Å². The summed E-state index contributed by atoms with van der Waals surface area (Å²) in [7, 11) is 0. The molecule has 0 heterocycles. The van der Waals surface area contributed by atoms with Crippen molar-refractivity contribution in [2.45, 2.75) is 51.2 Å². The molecule has 2 heteroatoms. The Morgan fingerprint density at radius 2 is 2.46 bits per heavy atom. The van der Waals surface area contributed by atoms with Gasteiger partial charge in [-0.1, -0.05) is 12.2 Å². The fourth-order valence-electron chi connectivity index (χ4n) is 1.67. The first kappa shape index (κ1) is 10.7. The molecular formula is C11H21NO. The topological polar surface area (TPSA) is 32.3 Å². The molecule has 0 aromatic heterocycles. The Hall–Kier alpha value is -0.340. The van der Waals surface area contributed by atoms with E-state index in [1.165, 1.54) is 19.3 Å². The van der Waals surface area contributed by atoms with Crippen LogP contribution in [0.15, 0.2) is 12.2 Å². The summed E-state index contributed by atoms with van der Waals surface area (Å²) in [5, 5.41) is 12.5. The Morgan fingerprint density at radius 1 is 1.62 bits per heavy atom. The van der Waals surface area contributed by atoms with Crippen LogP contribution >= 0.6 is 0 Å². The number of nitrogens with one attached hydrogen (secondary N) is 1. The third-order valence-corrected chi connectivity index (χ3v) is 2.46. The van der Waals surface area contributed by atoms with Crippen LogP contribution in [0, 0.1) is 0 Å². The van der Waals surface area contributed by atoms with Crippen molar-refractivity contribution in [1.29, 1.82) is 0 Å². The van der Waals surface area contributed by atoms with Gasteiger partial charge in [0.15, 0.2) is 0 Å². The SMILES string of the molecule is CC(O)CCCNC1C=CCCC1. The number of aliphatic hydroxyl groups is 1. The van der Waals surface area contributed by atoms with Crippen LogP contribution in [0.5, 0.6) is 0 Å². The minimum atomic E-state index is -0.149. The van der Waals surface area contributed by atoms with Gasteiger partial charge in [0.05, 0.1) is 6.10 Å². The van der Waals surface area contributed by atoms with Crippen molar-refractivity contribution in [2.75, 3.05) is 6.54 Å².